The summed E-state index contributed by atoms with van der Waals surface area (Å²) in [4.78, 5) is 26.6. The van der Waals surface area contributed by atoms with E-state index < -0.39 is 6.03 Å². The number of rotatable bonds is 5. The molecule has 0 bridgehead atoms. The number of nitrogens with one attached hydrogen (secondary N) is 1. The number of hydrogen-bond donors (Lipinski definition) is 2. The van der Waals surface area contributed by atoms with Crippen LogP contribution in [0.1, 0.15) is 12.0 Å². The lowest BCUT2D eigenvalue weighted by molar-refractivity contribution is -0.120. The Bertz CT molecular complexity index is 614. The van der Waals surface area contributed by atoms with Crippen molar-refractivity contribution in [3.05, 3.63) is 23.8 Å². The van der Waals surface area contributed by atoms with E-state index in [0.717, 1.165) is 44.2 Å². The Hall–Kier alpha value is -2.32. The van der Waals surface area contributed by atoms with Crippen molar-refractivity contribution in [2.45, 2.75) is 13.0 Å². The number of nitrogens with two attached hydrogens (primary N) is 1. The summed E-state index contributed by atoms with van der Waals surface area (Å²) in [5.41, 5.74) is 6.12. The third kappa shape index (κ3) is 4.36. The van der Waals surface area contributed by atoms with Gasteiger partial charge in [0.2, 0.25) is 12.7 Å². The largest absolute Gasteiger partial charge is 0.454 e. The summed E-state index contributed by atoms with van der Waals surface area (Å²) in [5, 5.41) is 2.09. The van der Waals surface area contributed by atoms with E-state index in [1.54, 1.807) is 0 Å². The highest BCUT2D eigenvalue weighted by molar-refractivity contribution is 5.93. The van der Waals surface area contributed by atoms with Crippen molar-refractivity contribution in [1.82, 2.24) is 15.1 Å². The van der Waals surface area contributed by atoms with Crippen LogP contribution >= 0.6 is 0 Å². The number of primary amides is 1. The molecule has 130 valence electrons. The molecule has 0 unspecified atom stereocenters. The van der Waals surface area contributed by atoms with Crippen molar-refractivity contribution in [1.29, 1.82) is 0 Å². The third-order valence-electron chi connectivity index (χ3n) is 4.23. The summed E-state index contributed by atoms with van der Waals surface area (Å²) < 4.78 is 10.7. The van der Waals surface area contributed by atoms with Crippen LogP contribution < -0.4 is 20.5 Å². The van der Waals surface area contributed by atoms with E-state index in [1.165, 1.54) is 5.56 Å². The third-order valence-corrected chi connectivity index (χ3v) is 4.23. The number of urea groups is 1. The van der Waals surface area contributed by atoms with Gasteiger partial charge in [0.15, 0.2) is 11.5 Å². The molecule has 2 aliphatic heterocycles. The molecule has 2 aliphatic rings. The van der Waals surface area contributed by atoms with Crippen LogP contribution in [0.15, 0.2) is 18.2 Å². The lowest BCUT2D eigenvalue weighted by Crippen LogP contribution is -2.47. The molecule has 8 nitrogen and oxygen atoms in total. The Kier molecular flexibility index (Phi) is 5.17. The molecule has 0 spiro atoms. The number of nitrogens with zero attached hydrogens (tertiary/aromatic N) is 2. The first-order valence-corrected chi connectivity index (χ1v) is 8.03. The number of hydrogen-bond acceptors (Lipinski definition) is 6. The van der Waals surface area contributed by atoms with Gasteiger partial charge in [0.25, 0.3) is 0 Å². The number of benzene rings is 1. The average molecular weight is 334 g/mol. The topological polar surface area (TPSA) is 97.1 Å². The minimum atomic E-state index is -0.798. The molecule has 0 aromatic heterocycles. The van der Waals surface area contributed by atoms with Gasteiger partial charge in [0.1, 0.15) is 0 Å². The lowest BCUT2D eigenvalue weighted by Gasteiger charge is -2.34. The van der Waals surface area contributed by atoms with Crippen LogP contribution in [-0.2, 0) is 11.3 Å². The van der Waals surface area contributed by atoms with Crippen molar-refractivity contribution in [3.8, 4) is 11.5 Å². The number of imide groups is 1. The summed E-state index contributed by atoms with van der Waals surface area (Å²) in [5.74, 6) is 1.29. The maximum atomic E-state index is 11.4. The van der Waals surface area contributed by atoms with Crippen molar-refractivity contribution in [2.75, 3.05) is 39.5 Å². The summed E-state index contributed by atoms with van der Waals surface area (Å²) in [6.45, 7) is 5.46. The highest BCUT2D eigenvalue weighted by Crippen LogP contribution is 2.32. The fourth-order valence-electron chi connectivity index (χ4n) is 2.93. The SMILES string of the molecule is NC(=O)NC(=O)CCN1CCN(Cc2ccc3c(c2)OCO3)CC1. The minimum Gasteiger partial charge on any atom is -0.454 e. The van der Waals surface area contributed by atoms with Crippen LogP contribution in [0.5, 0.6) is 11.5 Å². The van der Waals surface area contributed by atoms with E-state index in [4.69, 9.17) is 15.2 Å². The molecule has 3 amide bonds. The number of ether oxygens (including phenoxy) is 2. The number of amides is 3. The van der Waals surface area contributed by atoms with Gasteiger partial charge in [-0.1, -0.05) is 6.07 Å². The van der Waals surface area contributed by atoms with Gasteiger partial charge < -0.3 is 20.1 Å². The molecular formula is C16H22N4O4. The molecule has 3 rings (SSSR count). The van der Waals surface area contributed by atoms with E-state index in [1.807, 2.05) is 12.1 Å². The van der Waals surface area contributed by atoms with Gasteiger partial charge >= 0.3 is 6.03 Å². The lowest BCUT2D eigenvalue weighted by atomic mass is 10.1. The van der Waals surface area contributed by atoms with Crippen molar-refractivity contribution < 1.29 is 19.1 Å². The molecule has 1 saturated heterocycles. The Balaban J connectivity index is 1.40. The summed E-state index contributed by atoms with van der Waals surface area (Å²) in [7, 11) is 0. The zero-order valence-corrected chi connectivity index (χ0v) is 13.5. The van der Waals surface area contributed by atoms with Gasteiger partial charge in [0.05, 0.1) is 0 Å². The van der Waals surface area contributed by atoms with Crippen molar-refractivity contribution >= 4 is 11.9 Å². The highest BCUT2D eigenvalue weighted by atomic mass is 16.7. The highest BCUT2D eigenvalue weighted by Gasteiger charge is 2.19. The quantitative estimate of drug-likeness (QED) is 0.794. The average Bonchev–Trinajstić information content (AvgIpc) is 3.01. The second kappa shape index (κ2) is 7.50. The van der Waals surface area contributed by atoms with E-state index in [9.17, 15) is 9.59 Å². The molecule has 2 heterocycles. The number of fused-ring (bicyclic) bond motifs is 1. The standard InChI is InChI=1S/C16H22N4O4/c17-16(22)18-15(21)3-4-19-5-7-20(8-6-19)10-12-1-2-13-14(9-12)24-11-23-13/h1-2,9H,3-8,10-11H2,(H3,17,18,21,22). The summed E-state index contributed by atoms with van der Waals surface area (Å²) in [6, 6.07) is 5.25. The van der Waals surface area contributed by atoms with E-state index >= 15 is 0 Å². The van der Waals surface area contributed by atoms with Gasteiger partial charge in [0, 0.05) is 45.7 Å². The maximum absolute atomic E-state index is 11.4. The first-order chi connectivity index (χ1) is 11.6. The molecule has 3 N–H and O–H groups in total. The molecule has 24 heavy (non-hydrogen) atoms. The van der Waals surface area contributed by atoms with Gasteiger partial charge in [-0.25, -0.2) is 4.79 Å². The second-order valence-corrected chi connectivity index (χ2v) is 5.97. The molecule has 0 radical (unpaired) electrons. The van der Waals surface area contributed by atoms with E-state index in [0.29, 0.717) is 13.3 Å². The predicted octanol–water partition coefficient (Wildman–Crippen LogP) is 0.118. The molecular weight excluding hydrogens is 312 g/mol. The Morgan fingerprint density at radius 3 is 2.54 bits per heavy atom. The fourth-order valence-corrected chi connectivity index (χ4v) is 2.93. The van der Waals surface area contributed by atoms with Crippen LogP contribution in [0.3, 0.4) is 0 Å². The summed E-state index contributed by atoms with van der Waals surface area (Å²) in [6.07, 6.45) is 0.283. The monoisotopic (exact) mass is 334 g/mol. The van der Waals surface area contributed by atoms with Crippen LogP contribution in [0.2, 0.25) is 0 Å². The van der Waals surface area contributed by atoms with Crippen LogP contribution in [0, 0.1) is 0 Å². The van der Waals surface area contributed by atoms with Crippen molar-refractivity contribution in [3.63, 3.8) is 0 Å². The smallest absolute Gasteiger partial charge is 0.318 e. The number of piperazine rings is 1. The molecule has 0 aliphatic carbocycles. The predicted molar refractivity (Wildman–Crippen MR) is 86.6 cm³/mol. The molecule has 8 heteroatoms. The van der Waals surface area contributed by atoms with Gasteiger partial charge in [-0.15, -0.1) is 0 Å². The molecule has 1 aromatic rings. The zero-order chi connectivity index (χ0) is 16.9. The fraction of sp³-hybridized carbons (Fsp3) is 0.500. The Labute approximate surface area is 140 Å². The van der Waals surface area contributed by atoms with E-state index in [-0.39, 0.29) is 12.3 Å². The number of carbonyl (C=O) groups is 2. The Morgan fingerprint density at radius 2 is 1.79 bits per heavy atom. The van der Waals surface area contributed by atoms with Gasteiger partial charge in [-0.3, -0.25) is 15.0 Å². The van der Waals surface area contributed by atoms with Crippen LogP contribution in [-0.4, -0.2) is 61.3 Å². The normalized spacial score (nSPS) is 17.7. The maximum Gasteiger partial charge on any atom is 0.318 e. The number of carbonyl (C=O) groups excluding carboxylic acids is 2. The van der Waals surface area contributed by atoms with Gasteiger partial charge in [-0.2, -0.15) is 0 Å². The zero-order valence-electron chi connectivity index (χ0n) is 13.5. The Morgan fingerprint density at radius 1 is 1.08 bits per heavy atom. The molecule has 1 aromatic carbocycles. The molecule has 0 saturated carbocycles. The molecule has 1 fully saturated rings. The van der Waals surface area contributed by atoms with Crippen LogP contribution in [0.4, 0.5) is 4.79 Å². The van der Waals surface area contributed by atoms with E-state index in [2.05, 4.69) is 21.2 Å². The first-order valence-electron chi connectivity index (χ1n) is 8.03. The van der Waals surface area contributed by atoms with Gasteiger partial charge in [-0.05, 0) is 17.7 Å². The van der Waals surface area contributed by atoms with Crippen molar-refractivity contribution in [2.24, 2.45) is 5.73 Å². The van der Waals surface area contributed by atoms with Crippen LogP contribution in [0.25, 0.3) is 0 Å². The second-order valence-electron chi connectivity index (χ2n) is 5.97. The molecule has 0 atom stereocenters. The first kappa shape index (κ1) is 16.5. The minimum absolute atomic E-state index is 0.283. The summed E-state index contributed by atoms with van der Waals surface area (Å²) >= 11 is 0.